The van der Waals surface area contributed by atoms with E-state index in [9.17, 15) is 0 Å². The molecule has 2 heteroatoms. The summed E-state index contributed by atoms with van der Waals surface area (Å²) in [5.41, 5.74) is 0. The predicted molar refractivity (Wildman–Crippen MR) is 67.1 cm³/mol. The average molecular weight is 215 g/mol. The molecule has 2 aliphatic rings. The van der Waals surface area contributed by atoms with Crippen molar-refractivity contribution < 1.29 is 0 Å². The molecule has 0 aromatic heterocycles. The first-order valence-electron chi connectivity index (χ1n) is 6.19. The normalized spacial score (nSPS) is 30.8. The van der Waals surface area contributed by atoms with Crippen LogP contribution in [0.2, 0.25) is 0 Å². The van der Waals surface area contributed by atoms with Crippen molar-refractivity contribution in [3.8, 4) is 0 Å². The maximum Gasteiger partial charge on any atom is 0.0184 e. The fourth-order valence-corrected chi connectivity index (χ4v) is 6.38. The first-order chi connectivity index (χ1) is 6.72. The molecule has 0 bridgehead atoms. The third-order valence-corrected chi connectivity index (χ3v) is 8.23. The van der Waals surface area contributed by atoms with Gasteiger partial charge in [-0.15, -0.1) is 0 Å². The van der Waals surface area contributed by atoms with E-state index >= 15 is 0 Å². The summed E-state index contributed by atoms with van der Waals surface area (Å²) in [4.78, 5) is 0. The summed E-state index contributed by atoms with van der Waals surface area (Å²) in [5.74, 6) is 3.03. The number of hydrogen-bond donors (Lipinski definition) is 0. The summed E-state index contributed by atoms with van der Waals surface area (Å²) < 4.78 is 2.80. The molecule has 0 radical (unpaired) electrons. The average Bonchev–Trinajstić information content (AvgIpc) is 2.67. The lowest BCUT2D eigenvalue weighted by atomic mass is 9.96. The van der Waals surface area contributed by atoms with E-state index in [-0.39, 0.29) is 10.2 Å². The predicted octanol–water partition coefficient (Wildman–Crippen LogP) is 3.39. The van der Waals surface area contributed by atoms with Crippen LogP contribution >= 0.6 is 10.2 Å². The van der Waals surface area contributed by atoms with Gasteiger partial charge in [0, 0.05) is 6.04 Å². The summed E-state index contributed by atoms with van der Waals surface area (Å²) in [7, 11) is 2.06. The Morgan fingerprint density at radius 1 is 0.929 bits per heavy atom. The van der Waals surface area contributed by atoms with Crippen molar-refractivity contribution in [3.05, 3.63) is 0 Å². The second kappa shape index (κ2) is 4.44. The highest BCUT2D eigenvalue weighted by molar-refractivity contribution is 8.31. The minimum atomic E-state index is -0.349. The number of rotatable bonds is 2. The van der Waals surface area contributed by atoms with Crippen LogP contribution in [0, 0.1) is 0 Å². The minimum absolute atomic E-state index is 0.349. The molecule has 1 aliphatic heterocycles. The molecular formula is C12H25NS. The fourth-order valence-electron chi connectivity index (χ4n) is 3.02. The molecule has 0 aromatic carbocycles. The SMILES string of the molecule is CN(C1CCCCC1)S1(C)CCCC1. The Hall–Kier alpha value is 0.310. The molecule has 84 valence electrons. The monoisotopic (exact) mass is 215 g/mol. The standard InChI is InChI=1S/C12H25NS/c1-13(12-8-4-3-5-9-12)14(2)10-6-7-11-14/h12H,3-11H2,1-2H3. The highest BCUT2D eigenvalue weighted by atomic mass is 32.3. The molecular weight excluding hydrogens is 190 g/mol. The van der Waals surface area contributed by atoms with Gasteiger partial charge in [-0.25, -0.2) is 0 Å². The molecule has 1 saturated carbocycles. The van der Waals surface area contributed by atoms with Crippen molar-refractivity contribution in [3.63, 3.8) is 0 Å². The van der Waals surface area contributed by atoms with E-state index in [4.69, 9.17) is 0 Å². The summed E-state index contributed by atoms with van der Waals surface area (Å²) in [6.45, 7) is 0. The first kappa shape index (κ1) is 10.8. The molecule has 0 amide bonds. The first-order valence-corrected chi connectivity index (χ1v) is 8.53. The fraction of sp³-hybridized carbons (Fsp3) is 1.00. The largest absolute Gasteiger partial charge is 0.268 e. The molecule has 0 unspecified atom stereocenters. The van der Waals surface area contributed by atoms with Gasteiger partial charge >= 0.3 is 0 Å². The number of hydrogen-bond acceptors (Lipinski definition) is 1. The van der Waals surface area contributed by atoms with Gasteiger partial charge in [-0.1, -0.05) is 19.3 Å². The summed E-state index contributed by atoms with van der Waals surface area (Å²) in [6, 6.07) is 0.932. The Kier molecular flexibility index (Phi) is 3.43. The van der Waals surface area contributed by atoms with Crippen LogP contribution in [-0.2, 0) is 0 Å². The van der Waals surface area contributed by atoms with Gasteiger partial charge < -0.3 is 0 Å². The highest BCUT2D eigenvalue weighted by Crippen LogP contribution is 2.54. The van der Waals surface area contributed by atoms with Gasteiger partial charge in [0.15, 0.2) is 0 Å². The Balaban J connectivity index is 1.95. The van der Waals surface area contributed by atoms with Gasteiger partial charge in [0.05, 0.1) is 0 Å². The zero-order valence-corrected chi connectivity index (χ0v) is 10.6. The smallest absolute Gasteiger partial charge is 0.0184 e. The van der Waals surface area contributed by atoms with Crippen molar-refractivity contribution >= 4 is 10.2 Å². The van der Waals surface area contributed by atoms with Crippen LogP contribution in [0.5, 0.6) is 0 Å². The quantitative estimate of drug-likeness (QED) is 0.682. The molecule has 0 N–H and O–H groups in total. The zero-order valence-electron chi connectivity index (χ0n) is 9.80. The Labute approximate surface area is 90.7 Å². The molecule has 1 aliphatic carbocycles. The van der Waals surface area contributed by atoms with E-state index in [1.54, 1.807) is 0 Å². The van der Waals surface area contributed by atoms with Crippen LogP contribution in [0.4, 0.5) is 0 Å². The third kappa shape index (κ3) is 2.11. The van der Waals surface area contributed by atoms with Gasteiger partial charge in [0.25, 0.3) is 0 Å². The van der Waals surface area contributed by atoms with Crippen LogP contribution in [0.1, 0.15) is 44.9 Å². The Morgan fingerprint density at radius 3 is 2.07 bits per heavy atom. The van der Waals surface area contributed by atoms with Crippen LogP contribution in [-0.4, -0.2) is 35.2 Å². The lowest BCUT2D eigenvalue weighted by molar-refractivity contribution is 0.300. The highest BCUT2D eigenvalue weighted by Gasteiger charge is 2.32. The molecule has 1 saturated heterocycles. The number of nitrogens with zero attached hydrogens (tertiary/aromatic N) is 1. The van der Waals surface area contributed by atoms with Crippen LogP contribution in [0.3, 0.4) is 0 Å². The van der Waals surface area contributed by atoms with E-state index < -0.39 is 0 Å². The van der Waals surface area contributed by atoms with E-state index in [1.165, 1.54) is 56.5 Å². The summed E-state index contributed by atoms with van der Waals surface area (Å²) in [5, 5.41) is 0. The van der Waals surface area contributed by atoms with Gasteiger partial charge in [0.2, 0.25) is 0 Å². The maximum atomic E-state index is 2.80. The van der Waals surface area contributed by atoms with Crippen molar-refractivity contribution in [2.24, 2.45) is 0 Å². The van der Waals surface area contributed by atoms with Crippen LogP contribution in [0.25, 0.3) is 0 Å². The molecule has 1 nitrogen and oxygen atoms in total. The topological polar surface area (TPSA) is 3.24 Å². The third-order valence-electron chi connectivity index (χ3n) is 4.20. The zero-order chi connectivity index (χ0) is 10.0. The Morgan fingerprint density at radius 2 is 1.50 bits per heavy atom. The van der Waals surface area contributed by atoms with E-state index in [0.717, 1.165) is 6.04 Å². The van der Waals surface area contributed by atoms with Crippen molar-refractivity contribution in [1.82, 2.24) is 4.31 Å². The van der Waals surface area contributed by atoms with Crippen molar-refractivity contribution in [2.75, 3.05) is 24.8 Å². The van der Waals surface area contributed by atoms with E-state index in [0.29, 0.717) is 0 Å². The van der Waals surface area contributed by atoms with Gasteiger partial charge in [-0.3, -0.25) is 4.31 Å². The van der Waals surface area contributed by atoms with Gasteiger partial charge in [-0.05, 0) is 50.5 Å². The van der Waals surface area contributed by atoms with Crippen LogP contribution in [0.15, 0.2) is 0 Å². The van der Waals surface area contributed by atoms with Gasteiger partial charge in [-0.2, -0.15) is 10.2 Å². The van der Waals surface area contributed by atoms with Crippen LogP contribution < -0.4 is 0 Å². The van der Waals surface area contributed by atoms with Gasteiger partial charge in [0.1, 0.15) is 0 Å². The molecule has 0 spiro atoms. The molecule has 0 aromatic rings. The molecule has 2 fully saturated rings. The molecule has 0 atom stereocenters. The summed E-state index contributed by atoms with van der Waals surface area (Å²) in [6.07, 6.45) is 12.9. The second-order valence-electron chi connectivity index (χ2n) is 5.18. The molecule has 14 heavy (non-hydrogen) atoms. The minimum Gasteiger partial charge on any atom is -0.268 e. The molecule has 2 rings (SSSR count). The van der Waals surface area contributed by atoms with Crippen molar-refractivity contribution in [2.45, 2.75) is 51.0 Å². The van der Waals surface area contributed by atoms with E-state index in [1.807, 2.05) is 0 Å². The maximum absolute atomic E-state index is 2.80. The summed E-state index contributed by atoms with van der Waals surface area (Å²) >= 11 is 0. The van der Waals surface area contributed by atoms with Crippen molar-refractivity contribution in [1.29, 1.82) is 0 Å². The lowest BCUT2D eigenvalue weighted by Gasteiger charge is -2.46. The van der Waals surface area contributed by atoms with E-state index in [2.05, 4.69) is 17.6 Å². The second-order valence-corrected chi connectivity index (χ2v) is 9.01. The Bertz CT molecular complexity index is 181. The lowest BCUT2D eigenvalue weighted by Crippen LogP contribution is -2.36. The molecule has 1 heterocycles.